The third-order valence-corrected chi connectivity index (χ3v) is 4.21. The number of esters is 1. The van der Waals surface area contributed by atoms with Gasteiger partial charge in [0.05, 0.1) is 7.11 Å². The maximum Gasteiger partial charge on any atom is 0.328 e. The summed E-state index contributed by atoms with van der Waals surface area (Å²) >= 11 is 0. The van der Waals surface area contributed by atoms with Crippen molar-refractivity contribution in [2.24, 2.45) is 0 Å². The number of hydrogen-bond acceptors (Lipinski definition) is 5. The molecule has 5 heteroatoms. The highest BCUT2D eigenvalue weighted by Gasteiger charge is 2.30. The molecule has 126 valence electrons. The molecule has 3 rings (SSSR count). The Balaban J connectivity index is 1.72. The number of hydrogen-bond donors (Lipinski definition) is 0. The zero-order valence-electron chi connectivity index (χ0n) is 13.9. The van der Waals surface area contributed by atoms with Gasteiger partial charge in [-0.2, -0.15) is 4.98 Å². The fourth-order valence-corrected chi connectivity index (χ4v) is 2.96. The Kier molecular flexibility index (Phi) is 5.31. The summed E-state index contributed by atoms with van der Waals surface area (Å²) in [6.45, 7) is 1.27. The lowest BCUT2D eigenvalue weighted by Crippen LogP contribution is -2.45. The molecule has 1 unspecified atom stereocenters. The van der Waals surface area contributed by atoms with Crippen LogP contribution in [-0.2, 0) is 16.1 Å². The Morgan fingerprint density at radius 3 is 2.79 bits per heavy atom. The number of pyridine rings is 1. The van der Waals surface area contributed by atoms with Gasteiger partial charge in [-0.3, -0.25) is 0 Å². The van der Waals surface area contributed by atoms with Crippen molar-refractivity contribution in [1.29, 1.82) is 0 Å². The fraction of sp³-hybridized carbons (Fsp3) is 0.368. The summed E-state index contributed by atoms with van der Waals surface area (Å²) in [6, 6.07) is 15.4. The van der Waals surface area contributed by atoms with Crippen molar-refractivity contribution in [2.75, 3.05) is 18.6 Å². The van der Waals surface area contributed by atoms with Crippen LogP contribution in [0.5, 0.6) is 5.88 Å². The number of rotatable bonds is 5. The molecule has 1 aliphatic rings. The second-order valence-electron chi connectivity index (χ2n) is 5.84. The zero-order valence-corrected chi connectivity index (χ0v) is 13.9. The van der Waals surface area contributed by atoms with E-state index in [-0.39, 0.29) is 12.0 Å². The molecule has 0 radical (unpaired) electrons. The van der Waals surface area contributed by atoms with E-state index < -0.39 is 0 Å². The number of methoxy groups -OCH3 is 1. The molecule has 0 amide bonds. The summed E-state index contributed by atoms with van der Waals surface area (Å²) in [7, 11) is 1.43. The van der Waals surface area contributed by atoms with Crippen molar-refractivity contribution in [3.8, 4) is 5.88 Å². The van der Waals surface area contributed by atoms with Crippen molar-refractivity contribution < 1.29 is 14.3 Å². The zero-order chi connectivity index (χ0) is 16.8. The van der Waals surface area contributed by atoms with E-state index >= 15 is 0 Å². The van der Waals surface area contributed by atoms with Crippen LogP contribution in [0.3, 0.4) is 0 Å². The molecule has 1 fully saturated rings. The predicted molar refractivity (Wildman–Crippen MR) is 92.0 cm³/mol. The lowest BCUT2D eigenvalue weighted by molar-refractivity contribution is -0.142. The minimum atomic E-state index is -0.263. The average Bonchev–Trinajstić information content (AvgIpc) is 2.67. The van der Waals surface area contributed by atoms with Crippen molar-refractivity contribution in [3.63, 3.8) is 0 Å². The van der Waals surface area contributed by atoms with Crippen LogP contribution >= 0.6 is 0 Å². The summed E-state index contributed by atoms with van der Waals surface area (Å²) in [5.41, 5.74) is 1.09. The highest BCUT2D eigenvalue weighted by molar-refractivity contribution is 5.79. The molecule has 5 nitrogen and oxygen atoms in total. The van der Waals surface area contributed by atoms with E-state index in [1.165, 1.54) is 7.11 Å². The number of carbonyl (C=O) groups excluding carboxylic acids is 1. The van der Waals surface area contributed by atoms with Gasteiger partial charge in [0.15, 0.2) is 0 Å². The first-order valence-corrected chi connectivity index (χ1v) is 8.26. The smallest absolute Gasteiger partial charge is 0.328 e. The number of ether oxygens (including phenoxy) is 2. The Labute approximate surface area is 142 Å². The van der Waals surface area contributed by atoms with Crippen LogP contribution in [0.2, 0.25) is 0 Å². The minimum absolute atomic E-state index is 0.202. The van der Waals surface area contributed by atoms with E-state index in [0.717, 1.165) is 37.2 Å². The fourth-order valence-electron chi connectivity index (χ4n) is 2.96. The molecule has 2 aromatic rings. The first-order valence-electron chi connectivity index (χ1n) is 8.26. The second kappa shape index (κ2) is 7.81. The van der Waals surface area contributed by atoms with E-state index in [2.05, 4.69) is 4.98 Å². The van der Waals surface area contributed by atoms with Gasteiger partial charge in [0, 0.05) is 12.6 Å². The molecular weight excluding hydrogens is 304 g/mol. The Hall–Kier alpha value is -2.56. The molecule has 1 aliphatic heterocycles. The molecule has 1 aromatic carbocycles. The van der Waals surface area contributed by atoms with Crippen LogP contribution in [0.1, 0.15) is 24.8 Å². The maximum absolute atomic E-state index is 12.0. The van der Waals surface area contributed by atoms with E-state index in [4.69, 9.17) is 9.47 Å². The van der Waals surface area contributed by atoms with Gasteiger partial charge in [0.25, 0.3) is 0 Å². The normalized spacial score (nSPS) is 17.4. The summed E-state index contributed by atoms with van der Waals surface area (Å²) in [4.78, 5) is 18.6. The molecule has 1 aromatic heterocycles. The number of anilines is 1. The van der Waals surface area contributed by atoms with Gasteiger partial charge in [-0.05, 0) is 30.9 Å². The van der Waals surface area contributed by atoms with Crippen molar-refractivity contribution in [2.45, 2.75) is 31.9 Å². The summed E-state index contributed by atoms with van der Waals surface area (Å²) in [5.74, 6) is 1.12. The first kappa shape index (κ1) is 16.3. The van der Waals surface area contributed by atoms with Gasteiger partial charge in [-0.1, -0.05) is 36.4 Å². The van der Waals surface area contributed by atoms with E-state index in [1.54, 1.807) is 0 Å². The molecule has 24 heavy (non-hydrogen) atoms. The van der Waals surface area contributed by atoms with Crippen LogP contribution in [0.15, 0.2) is 48.5 Å². The number of benzene rings is 1. The van der Waals surface area contributed by atoms with Crippen molar-refractivity contribution >= 4 is 11.8 Å². The molecule has 0 aliphatic carbocycles. The van der Waals surface area contributed by atoms with Gasteiger partial charge in [0.1, 0.15) is 18.5 Å². The molecule has 2 heterocycles. The van der Waals surface area contributed by atoms with Gasteiger partial charge < -0.3 is 14.4 Å². The second-order valence-corrected chi connectivity index (χ2v) is 5.84. The van der Waals surface area contributed by atoms with Crippen LogP contribution in [0.25, 0.3) is 0 Å². The van der Waals surface area contributed by atoms with Gasteiger partial charge in [0.2, 0.25) is 5.88 Å². The lowest BCUT2D eigenvalue weighted by Gasteiger charge is -2.34. The van der Waals surface area contributed by atoms with Crippen LogP contribution in [0, 0.1) is 0 Å². The maximum atomic E-state index is 12.0. The molecule has 0 bridgehead atoms. The van der Waals surface area contributed by atoms with Crippen LogP contribution < -0.4 is 9.64 Å². The standard InChI is InChI=1S/C19H22N2O3/c1-23-19(22)16-10-5-6-13-21(16)17-11-7-12-18(20-17)24-14-15-8-3-2-4-9-15/h2-4,7-9,11-12,16H,5-6,10,13-14H2,1H3. The third-order valence-electron chi connectivity index (χ3n) is 4.21. The predicted octanol–water partition coefficient (Wildman–Crippen LogP) is 3.19. The van der Waals surface area contributed by atoms with Gasteiger partial charge in [-0.25, -0.2) is 4.79 Å². The monoisotopic (exact) mass is 326 g/mol. The lowest BCUT2D eigenvalue weighted by atomic mass is 10.0. The number of aromatic nitrogens is 1. The van der Waals surface area contributed by atoms with Crippen LogP contribution in [-0.4, -0.2) is 30.6 Å². The van der Waals surface area contributed by atoms with Gasteiger partial charge in [-0.15, -0.1) is 0 Å². The average molecular weight is 326 g/mol. The summed E-state index contributed by atoms with van der Waals surface area (Å²) < 4.78 is 10.7. The highest BCUT2D eigenvalue weighted by Crippen LogP contribution is 2.25. The van der Waals surface area contributed by atoms with Crippen LogP contribution in [0.4, 0.5) is 5.82 Å². The quantitative estimate of drug-likeness (QED) is 0.790. The largest absolute Gasteiger partial charge is 0.473 e. The van der Waals surface area contributed by atoms with Gasteiger partial charge >= 0.3 is 5.97 Å². The summed E-state index contributed by atoms with van der Waals surface area (Å²) in [6.07, 6.45) is 2.87. The number of carbonyl (C=O) groups is 1. The van der Waals surface area contributed by atoms with Crippen molar-refractivity contribution in [3.05, 3.63) is 54.1 Å². The Morgan fingerprint density at radius 2 is 2.00 bits per heavy atom. The Morgan fingerprint density at radius 1 is 1.17 bits per heavy atom. The molecular formula is C19H22N2O3. The highest BCUT2D eigenvalue weighted by atomic mass is 16.5. The SMILES string of the molecule is COC(=O)C1CCCCN1c1cccc(OCc2ccccc2)n1. The molecule has 1 saturated heterocycles. The molecule has 1 atom stereocenters. The molecule has 0 saturated carbocycles. The van der Waals surface area contributed by atoms with Crippen molar-refractivity contribution in [1.82, 2.24) is 4.98 Å². The van der Waals surface area contributed by atoms with E-state index in [1.807, 2.05) is 53.4 Å². The third kappa shape index (κ3) is 3.85. The number of piperidine rings is 1. The summed E-state index contributed by atoms with van der Waals surface area (Å²) in [5, 5.41) is 0. The van der Waals surface area contributed by atoms with E-state index in [0.29, 0.717) is 12.5 Å². The first-order chi connectivity index (χ1) is 11.8. The molecule has 0 spiro atoms. The minimum Gasteiger partial charge on any atom is -0.473 e. The van der Waals surface area contributed by atoms with E-state index in [9.17, 15) is 4.79 Å². The Bertz CT molecular complexity index is 675. The molecule has 0 N–H and O–H groups in total. The topological polar surface area (TPSA) is 51.7 Å². The number of nitrogens with zero attached hydrogens (tertiary/aromatic N) is 2.